The van der Waals surface area contributed by atoms with Crippen LogP contribution in [0.15, 0.2) is 40.9 Å². The Morgan fingerprint density at radius 2 is 2.05 bits per heavy atom. The molecule has 3 heteroatoms. The van der Waals surface area contributed by atoms with Crippen LogP contribution < -0.4 is 5.32 Å². The zero-order valence-electron chi connectivity index (χ0n) is 11.4. The van der Waals surface area contributed by atoms with E-state index in [0.29, 0.717) is 4.47 Å². The van der Waals surface area contributed by atoms with Crippen molar-refractivity contribution in [3.05, 3.63) is 63.4 Å². The molecule has 0 atom stereocenters. The summed E-state index contributed by atoms with van der Waals surface area (Å²) in [5.74, 6) is 0.556. The fraction of sp³-hybridized carbons (Fsp3) is 0.294. The minimum atomic E-state index is -0.219. The lowest BCUT2D eigenvalue weighted by Crippen LogP contribution is -2.02. The van der Waals surface area contributed by atoms with Gasteiger partial charge in [0.15, 0.2) is 0 Å². The number of benzene rings is 2. The maximum atomic E-state index is 13.4. The monoisotopic (exact) mass is 333 g/mol. The molecule has 1 nitrogen and oxygen atoms in total. The summed E-state index contributed by atoms with van der Waals surface area (Å²) >= 11 is 3.23. The van der Waals surface area contributed by atoms with E-state index in [2.05, 4.69) is 45.5 Å². The van der Waals surface area contributed by atoms with E-state index in [-0.39, 0.29) is 5.82 Å². The fourth-order valence-corrected chi connectivity index (χ4v) is 2.75. The van der Waals surface area contributed by atoms with Crippen LogP contribution in [0.4, 0.5) is 10.1 Å². The van der Waals surface area contributed by atoms with E-state index < -0.39 is 0 Å². The summed E-state index contributed by atoms with van der Waals surface area (Å²) < 4.78 is 13.9. The Morgan fingerprint density at radius 1 is 1.25 bits per heavy atom. The van der Waals surface area contributed by atoms with Crippen LogP contribution in [-0.2, 0) is 6.54 Å². The molecule has 0 radical (unpaired) electrons. The molecular weight excluding hydrogens is 317 g/mol. The van der Waals surface area contributed by atoms with Crippen molar-refractivity contribution in [1.29, 1.82) is 0 Å². The molecule has 1 saturated carbocycles. The predicted molar refractivity (Wildman–Crippen MR) is 84.6 cm³/mol. The van der Waals surface area contributed by atoms with Gasteiger partial charge < -0.3 is 5.32 Å². The number of aryl methyl sites for hydroxylation is 1. The van der Waals surface area contributed by atoms with Crippen molar-refractivity contribution in [3.8, 4) is 0 Å². The first kappa shape index (κ1) is 13.6. The van der Waals surface area contributed by atoms with Crippen LogP contribution in [0.5, 0.6) is 0 Å². The molecule has 1 N–H and O–H groups in total. The second-order valence-corrected chi connectivity index (χ2v) is 6.31. The first-order chi connectivity index (χ1) is 9.63. The third-order valence-electron chi connectivity index (χ3n) is 3.75. The summed E-state index contributed by atoms with van der Waals surface area (Å²) in [4.78, 5) is 0. The summed E-state index contributed by atoms with van der Waals surface area (Å²) in [6.07, 6.45) is 2.64. The van der Waals surface area contributed by atoms with E-state index >= 15 is 0 Å². The van der Waals surface area contributed by atoms with E-state index in [1.165, 1.54) is 24.0 Å². The van der Waals surface area contributed by atoms with Crippen LogP contribution in [0.3, 0.4) is 0 Å². The van der Waals surface area contributed by atoms with Crippen molar-refractivity contribution in [3.63, 3.8) is 0 Å². The number of halogens is 2. The highest BCUT2D eigenvalue weighted by molar-refractivity contribution is 9.10. The third-order valence-corrected chi connectivity index (χ3v) is 4.36. The molecule has 0 saturated heterocycles. The molecule has 3 rings (SSSR count). The van der Waals surface area contributed by atoms with Crippen molar-refractivity contribution in [2.45, 2.75) is 32.2 Å². The third kappa shape index (κ3) is 3.04. The summed E-state index contributed by atoms with van der Waals surface area (Å²) in [5, 5.41) is 3.39. The summed E-state index contributed by atoms with van der Waals surface area (Å²) in [5.41, 5.74) is 4.61. The normalized spacial score (nSPS) is 14.3. The van der Waals surface area contributed by atoms with Gasteiger partial charge in [-0.2, -0.15) is 0 Å². The predicted octanol–water partition coefficient (Wildman–Crippen LogP) is 5.39. The molecule has 104 valence electrons. The molecule has 1 aliphatic carbocycles. The van der Waals surface area contributed by atoms with Crippen molar-refractivity contribution in [2.75, 3.05) is 5.32 Å². The second-order valence-electron chi connectivity index (χ2n) is 5.45. The Hall–Kier alpha value is -1.35. The van der Waals surface area contributed by atoms with Crippen LogP contribution in [0, 0.1) is 12.7 Å². The van der Waals surface area contributed by atoms with E-state index in [9.17, 15) is 4.39 Å². The molecule has 1 fully saturated rings. The lowest BCUT2D eigenvalue weighted by atomic mass is 10.1. The molecule has 20 heavy (non-hydrogen) atoms. The minimum absolute atomic E-state index is 0.219. The molecule has 0 heterocycles. The van der Waals surface area contributed by atoms with Crippen molar-refractivity contribution in [1.82, 2.24) is 0 Å². The molecule has 0 bridgehead atoms. The van der Waals surface area contributed by atoms with Gasteiger partial charge in [-0.15, -0.1) is 0 Å². The Morgan fingerprint density at radius 3 is 2.80 bits per heavy atom. The molecule has 0 aliphatic heterocycles. The van der Waals surface area contributed by atoms with Crippen molar-refractivity contribution >= 4 is 21.6 Å². The van der Waals surface area contributed by atoms with Gasteiger partial charge in [0.05, 0.1) is 4.47 Å². The first-order valence-corrected chi connectivity index (χ1v) is 7.71. The average Bonchev–Trinajstić information content (AvgIpc) is 3.26. The standard InChI is InChI=1S/C17H17BrFN/c1-11-7-16(19)15(18)9-17(11)20-10-12-3-2-4-14(8-12)13-5-6-13/h2-4,7-9,13,20H,5-6,10H2,1H3. The lowest BCUT2D eigenvalue weighted by molar-refractivity contribution is 0.620. The van der Waals surface area contributed by atoms with Gasteiger partial charge in [0.2, 0.25) is 0 Å². The molecule has 1 aliphatic rings. The van der Waals surface area contributed by atoms with Crippen molar-refractivity contribution in [2.24, 2.45) is 0 Å². The largest absolute Gasteiger partial charge is 0.381 e. The number of anilines is 1. The van der Waals surface area contributed by atoms with Gasteiger partial charge in [-0.05, 0) is 70.4 Å². The molecule has 2 aromatic rings. The number of nitrogens with one attached hydrogen (secondary N) is 1. The van der Waals surface area contributed by atoms with Gasteiger partial charge >= 0.3 is 0 Å². The minimum Gasteiger partial charge on any atom is -0.381 e. The summed E-state index contributed by atoms with van der Waals surface area (Å²) in [7, 11) is 0. The van der Waals surface area contributed by atoms with Crippen LogP contribution in [0.2, 0.25) is 0 Å². The summed E-state index contributed by atoms with van der Waals surface area (Å²) in [6, 6.07) is 12.1. The zero-order valence-corrected chi connectivity index (χ0v) is 13.0. The second kappa shape index (κ2) is 5.57. The number of hydrogen-bond acceptors (Lipinski definition) is 1. The van der Waals surface area contributed by atoms with E-state index in [0.717, 1.165) is 23.7 Å². The topological polar surface area (TPSA) is 12.0 Å². The van der Waals surface area contributed by atoms with Gasteiger partial charge in [-0.25, -0.2) is 4.39 Å². The highest BCUT2D eigenvalue weighted by atomic mass is 79.9. The van der Waals surface area contributed by atoms with E-state index in [1.54, 1.807) is 12.1 Å². The Bertz CT molecular complexity index is 635. The lowest BCUT2D eigenvalue weighted by Gasteiger charge is -2.11. The van der Waals surface area contributed by atoms with E-state index in [4.69, 9.17) is 0 Å². The van der Waals surface area contributed by atoms with Crippen LogP contribution in [0.25, 0.3) is 0 Å². The maximum Gasteiger partial charge on any atom is 0.137 e. The van der Waals surface area contributed by atoms with Crippen LogP contribution in [0.1, 0.15) is 35.4 Å². The molecule has 0 amide bonds. The van der Waals surface area contributed by atoms with Gasteiger partial charge in [0.1, 0.15) is 5.82 Å². The van der Waals surface area contributed by atoms with Crippen LogP contribution in [-0.4, -0.2) is 0 Å². The number of rotatable bonds is 4. The molecule has 2 aromatic carbocycles. The smallest absolute Gasteiger partial charge is 0.137 e. The first-order valence-electron chi connectivity index (χ1n) is 6.92. The fourth-order valence-electron chi connectivity index (χ4n) is 2.41. The maximum absolute atomic E-state index is 13.4. The molecule has 0 aromatic heterocycles. The molecule has 0 spiro atoms. The highest BCUT2D eigenvalue weighted by Crippen LogP contribution is 2.40. The molecular formula is C17H17BrFN. The van der Waals surface area contributed by atoms with Gasteiger partial charge in [0.25, 0.3) is 0 Å². The van der Waals surface area contributed by atoms with E-state index in [1.807, 2.05) is 6.92 Å². The Kier molecular flexibility index (Phi) is 3.79. The summed E-state index contributed by atoms with van der Waals surface area (Å²) in [6.45, 7) is 2.68. The quantitative estimate of drug-likeness (QED) is 0.791. The zero-order chi connectivity index (χ0) is 14.1. The Balaban J connectivity index is 1.73. The average molecular weight is 334 g/mol. The SMILES string of the molecule is Cc1cc(F)c(Br)cc1NCc1cccc(C2CC2)c1. The van der Waals surface area contributed by atoms with Gasteiger partial charge in [-0.3, -0.25) is 0 Å². The highest BCUT2D eigenvalue weighted by Gasteiger charge is 2.23. The van der Waals surface area contributed by atoms with Gasteiger partial charge in [0, 0.05) is 12.2 Å². The number of hydrogen-bond donors (Lipinski definition) is 1. The van der Waals surface area contributed by atoms with Gasteiger partial charge in [-0.1, -0.05) is 24.3 Å². The van der Waals surface area contributed by atoms with Crippen molar-refractivity contribution < 1.29 is 4.39 Å². The van der Waals surface area contributed by atoms with Crippen LogP contribution >= 0.6 is 15.9 Å². The molecule has 0 unspecified atom stereocenters. The Labute approximate surface area is 127 Å².